The van der Waals surface area contributed by atoms with Crippen LogP contribution in [0.1, 0.15) is 116 Å². The van der Waals surface area contributed by atoms with Gasteiger partial charge in [-0.25, -0.2) is 4.98 Å². The first-order valence-corrected chi connectivity index (χ1v) is 16.3. The molecule has 0 unspecified atom stereocenters. The van der Waals surface area contributed by atoms with Crippen LogP contribution in [0.15, 0.2) is 58.2 Å². The Morgan fingerprint density at radius 3 is 2.68 bits per heavy atom. The van der Waals surface area contributed by atoms with Gasteiger partial charge in [0, 0.05) is 12.8 Å². The van der Waals surface area contributed by atoms with Crippen LogP contribution < -0.4 is 0 Å². The molecule has 1 aromatic rings. The van der Waals surface area contributed by atoms with Crippen molar-refractivity contribution in [2.45, 2.75) is 135 Å². The minimum absolute atomic E-state index is 0.0464. The van der Waals surface area contributed by atoms with Crippen LogP contribution in [0, 0.1) is 22.7 Å². The smallest absolute Gasteiger partial charge is 0.203 e. The fraction of sp³-hybridized carbons (Fsp3) is 0.694. The first-order valence-electron chi connectivity index (χ1n) is 16.3. The van der Waals surface area contributed by atoms with Gasteiger partial charge in [0.05, 0.1) is 29.9 Å². The highest BCUT2D eigenvalue weighted by atomic mass is 16.4. The average molecular weight is 564 g/mol. The number of oxazole rings is 1. The number of fused-ring (bicyclic) bond motifs is 1. The molecule has 0 saturated heterocycles. The molecule has 0 radical (unpaired) electrons. The van der Waals surface area contributed by atoms with Gasteiger partial charge in [-0.15, -0.1) is 0 Å². The van der Waals surface area contributed by atoms with Crippen molar-refractivity contribution in [2.75, 3.05) is 0 Å². The number of unbranched alkanes of at least 4 members (excludes halogenated alkanes) is 2. The molecule has 4 aliphatic carbocycles. The Bertz CT molecular complexity index is 1180. The topological polar surface area (TPSA) is 86.7 Å². The standard InChI is InChI=1S/C36H53NO4/c1-6-7-8-11-28-23-37-33(41-28)36(19-20-36)32(40)16-18-34(3,4)31-15-14-29-25(10-9-17-35(29,31)5)12-13-26-21-27(38)22-30(39)24(26)2/h12-13,16,18,23,27,29-32,38-40H,2,6-11,14-15,17,19-22H2,1,3-5H3/t27-,29+,30+,31-,32-,35+/m1/s1. The second-order valence-electron chi connectivity index (χ2n) is 14.5. The summed E-state index contributed by atoms with van der Waals surface area (Å²) in [6.45, 7) is 13.5. The van der Waals surface area contributed by atoms with Crippen molar-refractivity contribution in [3.8, 4) is 0 Å². The number of rotatable bonds is 10. The number of aliphatic hydroxyl groups is 3. The van der Waals surface area contributed by atoms with E-state index in [9.17, 15) is 15.3 Å². The quantitative estimate of drug-likeness (QED) is 0.202. The molecule has 1 aromatic heterocycles. The van der Waals surface area contributed by atoms with E-state index in [1.165, 1.54) is 44.1 Å². The summed E-state index contributed by atoms with van der Waals surface area (Å²) in [6, 6.07) is 0. The maximum absolute atomic E-state index is 11.4. The molecule has 1 heterocycles. The second kappa shape index (κ2) is 12.0. The van der Waals surface area contributed by atoms with Crippen LogP contribution in [-0.2, 0) is 11.8 Å². The molecular formula is C36H53NO4. The highest BCUT2D eigenvalue weighted by Crippen LogP contribution is 2.62. The van der Waals surface area contributed by atoms with E-state index in [-0.39, 0.29) is 16.2 Å². The molecule has 0 amide bonds. The third-order valence-electron chi connectivity index (χ3n) is 11.2. The van der Waals surface area contributed by atoms with Crippen LogP contribution in [0.5, 0.6) is 0 Å². The van der Waals surface area contributed by atoms with Crippen molar-refractivity contribution in [3.63, 3.8) is 0 Å². The summed E-state index contributed by atoms with van der Waals surface area (Å²) in [6.07, 6.45) is 22.0. The van der Waals surface area contributed by atoms with Gasteiger partial charge >= 0.3 is 0 Å². The minimum Gasteiger partial charge on any atom is -0.445 e. The zero-order chi connectivity index (χ0) is 29.4. The molecule has 4 fully saturated rings. The maximum Gasteiger partial charge on any atom is 0.203 e. The highest BCUT2D eigenvalue weighted by molar-refractivity contribution is 5.39. The SMILES string of the molecule is C=C1C(=CC=C2CCC[C@]3(C)[C@@H](C(C)(C)C=C[C@@H](O)C4(c5ncc(CCCCC)o5)CC4)CC[C@@H]23)C[C@@H](O)C[C@@H]1O. The summed E-state index contributed by atoms with van der Waals surface area (Å²) in [7, 11) is 0. The molecule has 3 N–H and O–H groups in total. The van der Waals surface area contributed by atoms with Crippen molar-refractivity contribution >= 4 is 0 Å². The van der Waals surface area contributed by atoms with Gasteiger partial charge in [0.15, 0.2) is 0 Å². The monoisotopic (exact) mass is 563 g/mol. The van der Waals surface area contributed by atoms with Gasteiger partial charge in [-0.1, -0.05) is 77.0 Å². The van der Waals surface area contributed by atoms with Gasteiger partial charge in [0.2, 0.25) is 5.89 Å². The van der Waals surface area contributed by atoms with Gasteiger partial charge in [-0.2, -0.15) is 0 Å². The van der Waals surface area contributed by atoms with Crippen molar-refractivity contribution < 1.29 is 19.7 Å². The third-order valence-corrected chi connectivity index (χ3v) is 11.2. The summed E-state index contributed by atoms with van der Waals surface area (Å²) in [5.41, 5.74) is 3.04. The predicted octanol–water partition coefficient (Wildman–Crippen LogP) is 7.52. The Morgan fingerprint density at radius 2 is 1.95 bits per heavy atom. The summed E-state index contributed by atoms with van der Waals surface area (Å²) in [5, 5.41) is 31.8. The minimum atomic E-state index is -0.648. The lowest BCUT2D eigenvalue weighted by atomic mass is 9.57. The number of hydrogen-bond acceptors (Lipinski definition) is 5. The van der Waals surface area contributed by atoms with Crippen molar-refractivity contribution in [1.29, 1.82) is 0 Å². The average Bonchev–Trinajstić information content (AvgIpc) is 3.45. The molecule has 4 saturated carbocycles. The molecular weight excluding hydrogens is 510 g/mol. The largest absolute Gasteiger partial charge is 0.445 e. The summed E-state index contributed by atoms with van der Waals surface area (Å²) in [4.78, 5) is 4.60. The van der Waals surface area contributed by atoms with Crippen molar-refractivity contribution in [1.82, 2.24) is 4.98 Å². The molecule has 4 aliphatic rings. The lowest BCUT2D eigenvalue weighted by Gasteiger charge is -2.47. The third kappa shape index (κ3) is 6.10. The fourth-order valence-electron chi connectivity index (χ4n) is 8.54. The zero-order valence-corrected chi connectivity index (χ0v) is 25.9. The van der Waals surface area contributed by atoms with Gasteiger partial charge in [-0.3, -0.25) is 0 Å². The van der Waals surface area contributed by atoms with E-state index in [2.05, 4.69) is 57.5 Å². The number of allylic oxidation sites excluding steroid dienone is 4. The Morgan fingerprint density at radius 1 is 1.17 bits per heavy atom. The molecule has 0 aliphatic heterocycles. The van der Waals surface area contributed by atoms with Crippen LogP contribution in [0.25, 0.3) is 0 Å². The van der Waals surface area contributed by atoms with Crippen LogP contribution in [0.3, 0.4) is 0 Å². The van der Waals surface area contributed by atoms with Crippen LogP contribution in [0.4, 0.5) is 0 Å². The maximum atomic E-state index is 11.4. The molecule has 5 heteroatoms. The number of aromatic nitrogens is 1. The number of hydrogen-bond donors (Lipinski definition) is 3. The predicted molar refractivity (Wildman–Crippen MR) is 164 cm³/mol. The van der Waals surface area contributed by atoms with Crippen LogP contribution in [-0.4, -0.2) is 38.6 Å². The molecule has 5 nitrogen and oxygen atoms in total. The molecule has 5 rings (SSSR count). The summed E-state index contributed by atoms with van der Waals surface area (Å²) >= 11 is 0. The Kier molecular flexibility index (Phi) is 8.91. The number of aryl methyl sites for hydroxylation is 1. The molecule has 0 bridgehead atoms. The van der Waals surface area contributed by atoms with Gasteiger partial charge in [0.1, 0.15) is 5.76 Å². The first-order chi connectivity index (χ1) is 19.5. The molecule has 6 atom stereocenters. The first kappa shape index (κ1) is 30.5. The van der Waals surface area contributed by atoms with Crippen LogP contribution >= 0.6 is 0 Å². The Hall–Kier alpha value is -1.95. The Labute approximate surface area is 247 Å². The zero-order valence-electron chi connectivity index (χ0n) is 25.9. The highest BCUT2D eigenvalue weighted by Gasteiger charge is 2.55. The van der Waals surface area contributed by atoms with Crippen molar-refractivity contribution in [3.05, 3.63) is 65.5 Å². The van der Waals surface area contributed by atoms with Crippen LogP contribution in [0.2, 0.25) is 0 Å². The van der Waals surface area contributed by atoms with E-state index in [0.717, 1.165) is 49.0 Å². The van der Waals surface area contributed by atoms with E-state index in [1.54, 1.807) is 0 Å². The molecule has 0 spiro atoms. The number of nitrogens with zero attached hydrogens (tertiary/aromatic N) is 1. The van der Waals surface area contributed by atoms with E-state index >= 15 is 0 Å². The van der Waals surface area contributed by atoms with Gasteiger partial charge in [0.25, 0.3) is 0 Å². The normalized spacial score (nSPS) is 34.5. The summed E-state index contributed by atoms with van der Waals surface area (Å²) < 4.78 is 6.14. The molecule has 226 valence electrons. The van der Waals surface area contributed by atoms with Gasteiger partial charge in [-0.05, 0) is 91.6 Å². The number of aliphatic hydroxyl groups excluding tert-OH is 3. The van der Waals surface area contributed by atoms with E-state index < -0.39 is 18.3 Å². The fourth-order valence-corrected chi connectivity index (χ4v) is 8.54. The van der Waals surface area contributed by atoms with Gasteiger partial charge < -0.3 is 19.7 Å². The van der Waals surface area contributed by atoms with Crippen molar-refractivity contribution in [2.24, 2.45) is 22.7 Å². The molecule has 41 heavy (non-hydrogen) atoms. The molecule has 0 aromatic carbocycles. The summed E-state index contributed by atoms with van der Waals surface area (Å²) in [5.74, 6) is 2.72. The van der Waals surface area contributed by atoms with E-state index in [4.69, 9.17) is 4.42 Å². The van der Waals surface area contributed by atoms with E-state index in [0.29, 0.717) is 30.6 Å². The lowest BCUT2D eigenvalue weighted by Crippen LogP contribution is -2.39. The Balaban J connectivity index is 1.28. The lowest BCUT2D eigenvalue weighted by molar-refractivity contribution is 0.0705. The van der Waals surface area contributed by atoms with E-state index in [1.807, 2.05) is 12.3 Å². The second-order valence-corrected chi connectivity index (χ2v) is 14.5.